The van der Waals surface area contributed by atoms with Crippen LogP contribution in [0.4, 0.5) is 10.2 Å². The van der Waals surface area contributed by atoms with Crippen molar-refractivity contribution < 1.29 is 18.6 Å². The van der Waals surface area contributed by atoms with Crippen molar-refractivity contribution in [2.45, 2.75) is 13.2 Å². The van der Waals surface area contributed by atoms with E-state index in [1.165, 1.54) is 12.1 Å². The van der Waals surface area contributed by atoms with Gasteiger partial charge in [0.15, 0.2) is 17.4 Å². The van der Waals surface area contributed by atoms with Gasteiger partial charge in [-0.25, -0.2) is 14.4 Å². The number of aromatic nitrogens is 4. The number of pyridine rings is 1. The highest BCUT2D eigenvalue weighted by Gasteiger charge is 2.21. The summed E-state index contributed by atoms with van der Waals surface area (Å²) in [5, 5.41) is 7.29. The summed E-state index contributed by atoms with van der Waals surface area (Å²) in [4.78, 5) is 11.3. The van der Waals surface area contributed by atoms with Crippen molar-refractivity contribution >= 4 is 5.82 Å². The number of ether oxygens (including phenoxy) is 3. The molecule has 1 aliphatic heterocycles. The third kappa shape index (κ3) is 5.15. The average Bonchev–Trinajstić information content (AvgIpc) is 3.56. The van der Waals surface area contributed by atoms with Gasteiger partial charge in [-0.05, 0) is 42.0 Å². The van der Waals surface area contributed by atoms with Crippen LogP contribution in [0, 0.1) is 5.82 Å². The molecule has 2 aromatic heterocycles. The van der Waals surface area contributed by atoms with E-state index in [0.29, 0.717) is 36.3 Å². The number of hydrogen-bond donors (Lipinski definition) is 1. The highest BCUT2D eigenvalue weighted by molar-refractivity contribution is 5.71. The van der Waals surface area contributed by atoms with Gasteiger partial charge < -0.3 is 19.1 Å². The highest BCUT2D eigenvalue weighted by atomic mass is 19.1. The lowest BCUT2D eigenvalue weighted by Gasteiger charge is -2.25. The van der Waals surface area contributed by atoms with Crippen molar-refractivity contribution in [3.8, 4) is 17.1 Å². The summed E-state index contributed by atoms with van der Waals surface area (Å²) in [5.41, 5.74) is 1.89. The summed E-state index contributed by atoms with van der Waals surface area (Å²) in [6.45, 7) is 1.46. The molecule has 0 atom stereocenters. The second-order valence-electron chi connectivity index (χ2n) is 7.58. The monoisotopic (exact) mass is 459 g/mol. The van der Waals surface area contributed by atoms with Crippen molar-refractivity contribution in [3.05, 3.63) is 102 Å². The number of benzene rings is 2. The third-order valence-corrected chi connectivity index (χ3v) is 5.14. The summed E-state index contributed by atoms with van der Waals surface area (Å²) in [7, 11) is 0. The molecule has 3 heterocycles. The van der Waals surface area contributed by atoms with Crippen LogP contribution in [0.25, 0.3) is 11.4 Å². The molecule has 0 bridgehead atoms. The number of nitrogens with zero attached hydrogens (tertiary/aromatic N) is 4. The number of nitrogens with one attached hydrogen (secondary N) is 1. The number of rotatable bonds is 9. The molecule has 172 valence electrons. The third-order valence-electron chi connectivity index (χ3n) is 5.14. The van der Waals surface area contributed by atoms with E-state index in [0.717, 1.165) is 16.9 Å². The minimum Gasteiger partial charge on any atom is -0.486 e. The molecule has 8 nitrogen and oxygen atoms in total. The van der Waals surface area contributed by atoms with Gasteiger partial charge in [0.05, 0.1) is 12.1 Å². The van der Waals surface area contributed by atoms with Crippen LogP contribution >= 0.6 is 0 Å². The van der Waals surface area contributed by atoms with Gasteiger partial charge in [-0.2, -0.15) is 5.10 Å². The minimum absolute atomic E-state index is 0.167. The van der Waals surface area contributed by atoms with Crippen LogP contribution in [0.2, 0.25) is 0 Å². The van der Waals surface area contributed by atoms with Crippen molar-refractivity contribution in [3.63, 3.8) is 0 Å². The summed E-state index contributed by atoms with van der Waals surface area (Å²) in [6.07, 6.45) is 3.36. The van der Waals surface area contributed by atoms with E-state index >= 15 is 0 Å². The second-order valence-corrected chi connectivity index (χ2v) is 7.58. The molecular formula is C25H22FN5O3. The summed E-state index contributed by atoms with van der Waals surface area (Å²) in [5.74, 6) is 2.70. The number of H-pyrrole nitrogens is 1. The fourth-order valence-electron chi connectivity index (χ4n) is 3.54. The Kier molecular flexibility index (Phi) is 6.33. The minimum atomic E-state index is -0.316. The van der Waals surface area contributed by atoms with Gasteiger partial charge in [0, 0.05) is 12.7 Å². The summed E-state index contributed by atoms with van der Waals surface area (Å²) >= 11 is 0. The van der Waals surface area contributed by atoms with Gasteiger partial charge in [-0.3, -0.25) is 5.10 Å². The molecule has 2 aromatic carbocycles. The Labute approximate surface area is 195 Å². The Balaban J connectivity index is 1.39. The average molecular weight is 459 g/mol. The van der Waals surface area contributed by atoms with Gasteiger partial charge in [0.1, 0.15) is 30.3 Å². The van der Waals surface area contributed by atoms with Crippen LogP contribution in [0.5, 0.6) is 5.75 Å². The molecule has 0 fully saturated rings. The summed E-state index contributed by atoms with van der Waals surface area (Å²) in [6, 6.07) is 19.7. The SMILES string of the molecule is Fc1ccc(OCc2nc(-c3cccnc3N(CC3=COCO3)Cc3ccccc3)n[nH]2)cc1. The molecule has 1 aliphatic rings. The molecule has 0 aliphatic carbocycles. The van der Waals surface area contributed by atoms with Gasteiger partial charge in [-0.15, -0.1) is 0 Å². The highest BCUT2D eigenvalue weighted by Crippen LogP contribution is 2.29. The Hall–Kier alpha value is -4.40. The van der Waals surface area contributed by atoms with Crippen molar-refractivity contribution in [2.24, 2.45) is 0 Å². The molecule has 5 rings (SSSR count). The van der Waals surface area contributed by atoms with Gasteiger partial charge in [0.25, 0.3) is 0 Å². The molecule has 0 saturated carbocycles. The van der Waals surface area contributed by atoms with E-state index in [9.17, 15) is 4.39 Å². The molecule has 9 heteroatoms. The van der Waals surface area contributed by atoms with E-state index in [1.54, 1.807) is 24.6 Å². The van der Waals surface area contributed by atoms with Gasteiger partial charge >= 0.3 is 0 Å². The Bertz CT molecular complexity index is 1260. The van der Waals surface area contributed by atoms with Gasteiger partial charge in [0.2, 0.25) is 6.79 Å². The van der Waals surface area contributed by atoms with Crippen LogP contribution in [0.3, 0.4) is 0 Å². The first-order chi connectivity index (χ1) is 16.7. The first-order valence-electron chi connectivity index (χ1n) is 10.7. The van der Waals surface area contributed by atoms with Crippen LogP contribution < -0.4 is 9.64 Å². The van der Waals surface area contributed by atoms with Crippen LogP contribution in [-0.2, 0) is 22.6 Å². The Morgan fingerprint density at radius 1 is 1.00 bits per heavy atom. The van der Waals surface area contributed by atoms with Gasteiger partial charge in [-0.1, -0.05) is 30.3 Å². The number of halogens is 1. The Morgan fingerprint density at radius 3 is 2.65 bits per heavy atom. The van der Waals surface area contributed by atoms with E-state index in [-0.39, 0.29) is 19.2 Å². The molecule has 0 radical (unpaired) electrons. The fourth-order valence-corrected chi connectivity index (χ4v) is 3.54. The number of hydrogen-bond acceptors (Lipinski definition) is 7. The maximum absolute atomic E-state index is 13.1. The summed E-state index contributed by atoms with van der Waals surface area (Å²) < 4.78 is 29.6. The molecule has 34 heavy (non-hydrogen) atoms. The second kappa shape index (κ2) is 10.0. The topological polar surface area (TPSA) is 85.4 Å². The lowest BCUT2D eigenvalue weighted by molar-refractivity contribution is 0.0797. The van der Waals surface area contributed by atoms with Crippen LogP contribution in [0.15, 0.2) is 84.9 Å². The largest absolute Gasteiger partial charge is 0.486 e. The van der Waals surface area contributed by atoms with E-state index in [4.69, 9.17) is 14.2 Å². The lowest BCUT2D eigenvalue weighted by atomic mass is 10.1. The molecule has 0 unspecified atom stereocenters. The van der Waals surface area contributed by atoms with Crippen molar-refractivity contribution in [2.75, 3.05) is 18.2 Å². The molecule has 0 amide bonds. The van der Waals surface area contributed by atoms with Crippen LogP contribution in [-0.4, -0.2) is 33.5 Å². The van der Waals surface area contributed by atoms with E-state index in [2.05, 4.69) is 37.2 Å². The molecular weight excluding hydrogens is 437 g/mol. The normalized spacial score (nSPS) is 12.6. The molecule has 0 spiro atoms. The molecule has 1 N–H and O–H groups in total. The lowest BCUT2D eigenvalue weighted by Crippen LogP contribution is -2.27. The zero-order valence-electron chi connectivity index (χ0n) is 18.2. The van der Waals surface area contributed by atoms with Crippen molar-refractivity contribution in [1.29, 1.82) is 0 Å². The fraction of sp³-hybridized carbons (Fsp3) is 0.160. The number of anilines is 1. The quantitative estimate of drug-likeness (QED) is 0.396. The molecule has 0 saturated heterocycles. The first kappa shape index (κ1) is 21.4. The Morgan fingerprint density at radius 2 is 1.85 bits per heavy atom. The zero-order chi connectivity index (χ0) is 23.2. The zero-order valence-corrected chi connectivity index (χ0v) is 18.2. The standard InChI is InChI=1S/C25H22FN5O3/c26-19-8-10-20(11-9-19)33-16-23-28-24(30-29-23)22-7-4-12-27-25(22)31(14-21-15-32-17-34-21)13-18-5-2-1-3-6-18/h1-12,15H,13-14,16-17H2,(H,28,29,30). The predicted molar refractivity (Wildman–Crippen MR) is 123 cm³/mol. The first-order valence-corrected chi connectivity index (χ1v) is 10.7. The van der Waals surface area contributed by atoms with Crippen molar-refractivity contribution in [1.82, 2.24) is 20.2 Å². The van der Waals surface area contributed by atoms with Crippen LogP contribution in [0.1, 0.15) is 11.4 Å². The van der Waals surface area contributed by atoms with E-state index in [1.807, 2.05) is 30.3 Å². The number of aromatic amines is 1. The molecule has 4 aromatic rings. The predicted octanol–water partition coefficient (Wildman–Crippen LogP) is 4.44. The maximum Gasteiger partial charge on any atom is 0.229 e. The van der Waals surface area contributed by atoms with E-state index < -0.39 is 0 Å². The smallest absolute Gasteiger partial charge is 0.229 e. The maximum atomic E-state index is 13.1.